The topological polar surface area (TPSA) is 121 Å². The van der Waals surface area contributed by atoms with Crippen LogP contribution in [0.25, 0.3) is 0 Å². The molecule has 1 aromatic carbocycles. The van der Waals surface area contributed by atoms with Gasteiger partial charge in [0.1, 0.15) is 24.3 Å². The summed E-state index contributed by atoms with van der Waals surface area (Å²) in [4.78, 5) is 7.44. The highest BCUT2D eigenvalue weighted by atomic mass is 14.7. The van der Waals surface area contributed by atoms with Crippen molar-refractivity contribution in [2.45, 2.75) is 0 Å². The second-order valence-electron chi connectivity index (χ2n) is 3.29. The van der Waals surface area contributed by atoms with Crippen LogP contribution in [0, 0.1) is 45.3 Å². The summed E-state index contributed by atoms with van der Waals surface area (Å²) in [6.45, 7) is 0. The van der Waals surface area contributed by atoms with Crippen LogP contribution in [0.4, 0.5) is 0 Å². The molecule has 2 aromatic rings. The first-order chi connectivity index (χ1) is 9.76. The van der Waals surface area contributed by atoms with Crippen LogP contribution in [0.3, 0.4) is 0 Å². The van der Waals surface area contributed by atoms with Gasteiger partial charge in [-0.25, -0.2) is 0 Å². The van der Waals surface area contributed by atoms with E-state index >= 15 is 0 Å². The zero-order chi connectivity index (χ0) is 14.8. The Kier molecular flexibility index (Phi) is 5.41. The minimum Gasteiger partial charge on any atom is -0.262 e. The summed E-state index contributed by atoms with van der Waals surface area (Å²) in [5.74, 6) is 0. The van der Waals surface area contributed by atoms with E-state index in [2.05, 4.69) is 9.97 Å². The number of hydrogen-bond donors (Lipinski definition) is 0. The highest BCUT2D eigenvalue weighted by molar-refractivity contribution is 5.57. The van der Waals surface area contributed by atoms with Gasteiger partial charge in [0.25, 0.3) is 0 Å². The SMILES string of the molecule is N#Cc1cc(C#N)c(C#N)cc1C#N.c1cnccn1. The van der Waals surface area contributed by atoms with Crippen LogP contribution >= 0.6 is 0 Å². The van der Waals surface area contributed by atoms with Gasteiger partial charge in [-0.3, -0.25) is 9.97 Å². The van der Waals surface area contributed by atoms with Gasteiger partial charge in [0.05, 0.1) is 22.3 Å². The van der Waals surface area contributed by atoms with E-state index in [4.69, 9.17) is 21.0 Å². The number of hydrogen-bond acceptors (Lipinski definition) is 6. The summed E-state index contributed by atoms with van der Waals surface area (Å²) >= 11 is 0. The summed E-state index contributed by atoms with van der Waals surface area (Å²) in [6.07, 6.45) is 6.56. The van der Waals surface area contributed by atoms with Crippen LogP contribution in [0.15, 0.2) is 36.9 Å². The lowest BCUT2D eigenvalue weighted by Crippen LogP contribution is -1.90. The Balaban J connectivity index is 0.000000276. The number of nitrogens with zero attached hydrogens (tertiary/aromatic N) is 6. The van der Waals surface area contributed by atoms with Gasteiger partial charge in [-0.1, -0.05) is 0 Å². The van der Waals surface area contributed by atoms with E-state index in [1.807, 2.05) is 0 Å². The van der Waals surface area contributed by atoms with E-state index in [0.717, 1.165) is 0 Å². The first-order valence-corrected chi connectivity index (χ1v) is 5.25. The largest absolute Gasteiger partial charge is 0.262 e. The van der Waals surface area contributed by atoms with Crippen molar-refractivity contribution >= 4 is 0 Å². The number of benzene rings is 1. The fourth-order valence-corrected chi connectivity index (χ4v) is 1.22. The summed E-state index contributed by atoms with van der Waals surface area (Å²) in [5.41, 5.74) is 0.456. The lowest BCUT2D eigenvalue weighted by Gasteiger charge is -1.96. The first-order valence-electron chi connectivity index (χ1n) is 5.25. The van der Waals surface area contributed by atoms with Crippen LogP contribution in [0.2, 0.25) is 0 Å². The van der Waals surface area contributed by atoms with Crippen LogP contribution < -0.4 is 0 Å². The fourth-order valence-electron chi connectivity index (χ4n) is 1.22. The predicted molar refractivity (Wildman–Crippen MR) is 67.3 cm³/mol. The standard InChI is InChI=1S/C10H2N4.C4H4N2/c11-3-7-1-8(4-12)10(6-14)2-9(7)5-13;1-2-6-4-3-5-1/h1-2H;1-4H. The monoisotopic (exact) mass is 258 g/mol. The molecule has 0 aliphatic heterocycles. The van der Waals surface area contributed by atoms with Crippen molar-refractivity contribution in [2.75, 3.05) is 0 Å². The molecule has 92 valence electrons. The highest BCUT2D eigenvalue weighted by Crippen LogP contribution is 2.14. The van der Waals surface area contributed by atoms with Gasteiger partial charge in [0, 0.05) is 24.8 Å². The Morgan fingerprint density at radius 1 is 0.550 bits per heavy atom. The van der Waals surface area contributed by atoms with Crippen LogP contribution in [0.1, 0.15) is 22.3 Å². The molecule has 1 heterocycles. The number of nitriles is 4. The van der Waals surface area contributed by atoms with Gasteiger partial charge in [0.2, 0.25) is 0 Å². The predicted octanol–water partition coefficient (Wildman–Crippen LogP) is 1.65. The van der Waals surface area contributed by atoms with Gasteiger partial charge >= 0.3 is 0 Å². The Labute approximate surface area is 115 Å². The molecule has 0 atom stereocenters. The van der Waals surface area contributed by atoms with Gasteiger partial charge < -0.3 is 0 Å². The summed E-state index contributed by atoms with van der Waals surface area (Å²) in [7, 11) is 0. The molecular weight excluding hydrogens is 252 g/mol. The highest BCUT2D eigenvalue weighted by Gasteiger charge is 2.08. The molecule has 0 unspecified atom stereocenters. The zero-order valence-corrected chi connectivity index (χ0v) is 10.1. The van der Waals surface area contributed by atoms with Crippen molar-refractivity contribution in [1.82, 2.24) is 9.97 Å². The maximum atomic E-state index is 8.64. The van der Waals surface area contributed by atoms with E-state index in [9.17, 15) is 0 Å². The van der Waals surface area contributed by atoms with Crippen LogP contribution in [0.5, 0.6) is 0 Å². The molecule has 0 fully saturated rings. The van der Waals surface area contributed by atoms with Crippen molar-refractivity contribution in [2.24, 2.45) is 0 Å². The Hall–Kier alpha value is -3.74. The average molecular weight is 258 g/mol. The average Bonchev–Trinajstić information content (AvgIpc) is 2.55. The van der Waals surface area contributed by atoms with E-state index in [1.54, 1.807) is 49.1 Å². The third-order valence-corrected chi connectivity index (χ3v) is 2.12. The zero-order valence-electron chi connectivity index (χ0n) is 10.1. The van der Waals surface area contributed by atoms with E-state index < -0.39 is 0 Å². The summed E-state index contributed by atoms with van der Waals surface area (Å²) in [6, 6.07) is 9.65. The van der Waals surface area contributed by atoms with Gasteiger partial charge in [0.15, 0.2) is 0 Å². The molecule has 0 N–H and O–H groups in total. The normalized spacial score (nSPS) is 7.80. The molecule has 6 heteroatoms. The van der Waals surface area contributed by atoms with Gasteiger partial charge in [-0.2, -0.15) is 21.0 Å². The van der Waals surface area contributed by atoms with Crippen LogP contribution in [-0.4, -0.2) is 9.97 Å². The number of rotatable bonds is 0. The van der Waals surface area contributed by atoms with Crippen molar-refractivity contribution in [1.29, 1.82) is 21.0 Å². The van der Waals surface area contributed by atoms with E-state index in [1.165, 1.54) is 12.1 Å². The molecule has 1 aromatic heterocycles. The molecular formula is C14H6N6. The quantitative estimate of drug-likeness (QED) is 0.708. The molecule has 20 heavy (non-hydrogen) atoms. The third kappa shape index (κ3) is 3.64. The number of aromatic nitrogens is 2. The van der Waals surface area contributed by atoms with E-state index in [-0.39, 0.29) is 22.3 Å². The second-order valence-corrected chi connectivity index (χ2v) is 3.29. The van der Waals surface area contributed by atoms with Crippen molar-refractivity contribution in [3.8, 4) is 24.3 Å². The molecule has 6 nitrogen and oxygen atoms in total. The molecule has 0 radical (unpaired) electrons. The lowest BCUT2D eigenvalue weighted by atomic mass is 10.0. The molecule has 2 rings (SSSR count). The maximum Gasteiger partial charge on any atom is 0.101 e. The fraction of sp³-hybridized carbons (Fsp3) is 0. The Bertz CT molecular complexity index is 629. The van der Waals surface area contributed by atoms with Crippen LogP contribution in [-0.2, 0) is 0 Å². The molecule has 0 saturated heterocycles. The molecule has 0 saturated carbocycles. The first kappa shape index (κ1) is 14.3. The minimum absolute atomic E-state index is 0.114. The van der Waals surface area contributed by atoms with Gasteiger partial charge in [-0.05, 0) is 12.1 Å². The van der Waals surface area contributed by atoms with Crippen molar-refractivity contribution in [3.63, 3.8) is 0 Å². The molecule has 0 amide bonds. The maximum absolute atomic E-state index is 8.64. The molecule has 0 aliphatic rings. The smallest absolute Gasteiger partial charge is 0.101 e. The van der Waals surface area contributed by atoms with Crippen molar-refractivity contribution < 1.29 is 0 Å². The second kappa shape index (κ2) is 7.56. The van der Waals surface area contributed by atoms with E-state index in [0.29, 0.717) is 0 Å². The summed E-state index contributed by atoms with van der Waals surface area (Å²) in [5, 5.41) is 34.6. The lowest BCUT2D eigenvalue weighted by molar-refractivity contribution is 1.20. The molecule has 0 spiro atoms. The third-order valence-electron chi connectivity index (χ3n) is 2.12. The Morgan fingerprint density at radius 3 is 0.950 bits per heavy atom. The summed E-state index contributed by atoms with van der Waals surface area (Å²) < 4.78 is 0. The minimum atomic E-state index is 0.114. The van der Waals surface area contributed by atoms with Gasteiger partial charge in [-0.15, -0.1) is 0 Å². The molecule has 0 bridgehead atoms. The Morgan fingerprint density at radius 2 is 0.800 bits per heavy atom. The van der Waals surface area contributed by atoms with Crippen molar-refractivity contribution in [3.05, 3.63) is 59.2 Å². The molecule has 0 aliphatic carbocycles.